The van der Waals surface area contributed by atoms with E-state index in [1.807, 2.05) is 12.1 Å². The van der Waals surface area contributed by atoms with Crippen molar-refractivity contribution < 1.29 is 14.7 Å². The van der Waals surface area contributed by atoms with Gasteiger partial charge in [0.25, 0.3) is 0 Å². The van der Waals surface area contributed by atoms with Gasteiger partial charge < -0.3 is 5.11 Å². The van der Waals surface area contributed by atoms with Crippen molar-refractivity contribution >= 4 is 11.9 Å². The highest BCUT2D eigenvalue weighted by atomic mass is 16.4. The first kappa shape index (κ1) is 14.4. The molecule has 2 aromatic rings. The van der Waals surface area contributed by atoms with Crippen LogP contribution in [0.2, 0.25) is 0 Å². The first-order valence-electron chi connectivity index (χ1n) is 5.70. The van der Waals surface area contributed by atoms with Gasteiger partial charge in [0.1, 0.15) is 11.5 Å². The average Bonchev–Trinajstić information content (AvgIpc) is 2.49. The Bertz CT molecular complexity index is 530. The molecule has 96 valence electrons. The van der Waals surface area contributed by atoms with Gasteiger partial charge in [-0.1, -0.05) is 60.7 Å². The Morgan fingerprint density at radius 3 is 1.47 bits per heavy atom. The first-order chi connectivity index (χ1) is 9.15. The quantitative estimate of drug-likeness (QED) is 0.661. The van der Waals surface area contributed by atoms with Crippen LogP contribution >= 0.6 is 0 Å². The molecule has 3 nitrogen and oxygen atoms in total. The monoisotopic (exact) mass is 254 g/mol. The van der Waals surface area contributed by atoms with Crippen LogP contribution in [-0.2, 0) is 9.59 Å². The molecule has 0 aliphatic heterocycles. The molecule has 0 saturated heterocycles. The number of hydrogen-bond donors (Lipinski definition) is 1. The molecule has 0 bridgehead atoms. The summed E-state index contributed by atoms with van der Waals surface area (Å²) in [7, 11) is 0. The zero-order chi connectivity index (χ0) is 14.1. The number of rotatable bonds is 2. The van der Waals surface area contributed by atoms with Crippen LogP contribution in [0.1, 0.15) is 6.92 Å². The SMILES string of the molecule is CC(=C=O)C(=O)O.c1ccc(-c2ccccc2)cc1. The molecule has 2 rings (SSSR count). The van der Waals surface area contributed by atoms with Gasteiger partial charge in [0.2, 0.25) is 0 Å². The van der Waals surface area contributed by atoms with Crippen LogP contribution < -0.4 is 0 Å². The number of carboxylic acids is 1. The van der Waals surface area contributed by atoms with Crippen LogP contribution in [0, 0.1) is 0 Å². The lowest BCUT2D eigenvalue weighted by atomic mass is 10.1. The first-order valence-corrected chi connectivity index (χ1v) is 5.70. The molecule has 0 amide bonds. The van der Waals surface area contributed by atoms with Gasteiger partial charge in [-0.05, 0) is 18.1 Å². The molecule has 0 spiro atoms. The number of carboxylic acid groups (broad SMARTS) is 1. The van der Waals surface area contributed by atoms with Crippen LogP contribution in [-0.4, -0.2) is 17.0 Å². The van der Waals surface area contributed by atoms with E-state index < -0.39 is 5.97 Å². The molecule has 0 aromatic heterocycles. The Kier molecular flexibility index (Phi) is 5.80. The summed E-state index contributed by atoms with van der Waals surface area (Å²) in [6.45, 7) is 1.19. The van der Waals surface area contributed by atoms with Crippen molar-refractivity contribution in [2.45, 2.75) is 6.92 Å². The minimum Gasteiger partial charge on any atom is -0.477 e. The summed E-state index contributed by atoms with van der Waals surface area (Å²) in [4.78, 5) is 19.0. The Labute approximate surface area is 111 Å². The van der Waals surface area contributed by atoms with Gasteiger partial charge in [-0.15, -0.1) is 0 Å². The molecular weight excluding hydrogens is 240 g/mol. The van der Waals surface area contributed by atoms with Gasteiger partial charge in [0.15, 0.2) is 0 Å². The van der Waals surface area contributed by atoms with E-state index in [4.69, 9.17) is 5.11 Å². The summed E-state index contributed by atoms with van der Waals surface area (Å²) in [6.07, 6.45) is 0. The van der Waals surface area contributed by atoms with Gasteiger partial charge >= 0.3 is 5.97 Å². The molecule has 0 heterocycles. The highest BCUT2D eigenvalue weighted by Gasteiger charge is 1.96. The largest absolute Gasteiger partial charge is 0.477 e. The Hall–Kier alpha value is -2.64. The second-order valence-corrected chi connectivity index (χ2v) is 3.76. The standard InChI is InChI=1S/C12H10.C4H4O3/c1-3-7-11(8-4-1)12-9-5-2-6-10-12;1-3(2-5)4(6)7/h1-10H;1H3,(H,6,7). The molecular formula is C16H14O3. The summed E-state index contributed by atoms with van der Waals surface area (Å²) in [6, 6.07) is 20.8. The molecule has 0 radical (unpaired) electrons. The lowest BCUT2D eigenvalue weighted by Gasteiger charge is -1.98. The van der Waals surface area contributed by atoms with Gasteiger partial charge in [0.05, 0.1) is 0 Å². The third-order valence-corrected chi connectivity index (χ3v) is 2.35. The molecule has 0 aliphatic rings. The summed E-state index contributed by atoms with van der Waals surface area (Å²) < 4.78 is 0. The van der Waals surface area contributed by atoms with E-state index in [1.165, 1.54) is 24.0 Å². The highest BCUT2D eigenvalue weighted by Crippen LogP contribution is 2.17. The predicted molar refractivity (Wildman–Crippen MR) is 74.4 cm³/mol. The molecule has 3 heteroatoms. The van der Waals surface area contributed by atoms with Gasteiger partial charge in [-0.2, -0.15) is 0 Å². The Balaban J connectivity index is 0.000000224. The minimum absolute atomic E-state index is 0.292. The molecule has 2 aromatic carbocycles. The Morgan fingerprint density at radius 2 is 1.26 bits per heavy atom. The molecule has 19 heavy (non-hydrogen) atoms. The molecule has 0 atom stereocenters. The predicted octanol–water partition coefficient (Wildman–Crippen LogP) is 3.20. The van der Waals surface area contributed by atoms with Gasteiger partial charge in [-0.3, -0.25) is 0 Å². The lowest BCUT2D eigenvalue weighted by Crippen LogP contribution is -1.95. The van der Waals surface area contributed by atoms with E-state index in [9.17, 15) is 9.59 Å². The number of carbonyl (C=O) groups excluding carboxylic acids is 1. The zero-order valence-corrected chi connectivity index (χ0v) is 10.5. The normalized spacial score (nSPS) is 8.68. The number of aliphatic carboxylic acids is 1. The van der Waals surface area contributed by atoms with Crippen LogP contribution in [0.5, 0.6) is 0 Å². The second kappa shape index (κ2) is 7.64. The topological polar surface area (TPSA) is 54.4 Å². The summed E-state index contributed by atoms with van der Waals surface area (Å²) >= 11 is 0. The maximum atomic E-state index is 9.63. The van der Waals surface area contributed by atoms with Crippen molar-refractivity contribution in [3.05, 3.63) is 66.2 Å². The minimum atomic E-state index is -1.21. The highest BCUT2D eigenvalue weighted by molar-refractivity contribution is 5.94. The van der Waals surface area contributed by atoms with Crippen LogP contribution in [0.3, 0.4) is 0 Å². The lowest BCUT2D eigenvalue weighted by molar-refractivity contribution is -0.132. The van der Waals surface area contributed by atoms with E-state index in [2.05, 4.69) is 48.5 Å². The molecule has 1 N–H and O–H groups in total. The number of carbonyl (C=O) groups is 1. The fourth-order valence-corrected chi connectivity index (χ4v) is 1.30. The van der Waals surface area contributed by atoms with E-state index in [0.29, 0.717) is 0 Å². The van der Waals surface area contributed by atoms with E-state index >= 15 is 0 Å². The number of benzene rings is 2. The molecule has 0 unspecified atom stereocenters. The summed E-state index contributed by atoms with van der Waals surface area (Å²) in [5.74, 6) is 0.0185. The maximum absolute atomic E-state index is 9.63. The maximum Gasteiger partial charge on any atom is 0.342 e. The van der Waals surface area contributed by atoms with Crippen LogP contribution in [0.25, 0.3) is 11.1 Å². The van der Waals surface area contributed by atoms with Crippen molar-refractivity contribution in [3.8, 4) is 11.1 Å². The van der Waals surface area contributed by atoms with Crippen molar-refractivity contribution in [2.75, 3.05) is 0 Å². The summed E-state index contributed by atoms with van der Waals surface area (Å²) in [5.41, 5.74) is 2.26. The van der Waals surface area contributed by atoms with Gasteiger partial charge in [0, 0.05) is 0 Å². The molecule has 0 fully saturated rings. The van der Waals surface area contributed by atoms with Crippen LogP contribution in [0.15, 0.2) is 66.2 Å². The van der Waals surface area contributed by atoms with Crippen LogP contribution in [0.4, 0.5) is 0 Å². The smallest absolute Gasteiger partial charge is 0.342 e. The van der Waals surface area contributed by atoms with Crippen molar-refractivity contribution in [3.63, 3.8) is 0 Å². The summed E-state index contributed by atoms with van der Waals surface area (Å²) in [5, 5.41) is 7.88. The number of hydrogen-bond acceptors (Lipinski definition) is 2. The zero-order valence-electron chi connectivity index (χ0n) is 10.5. The average molecular weight is 254 g/mol. The van der Waals surface area contributed by atoms with Crippen molar-refractivity contribution in [1.82, 2.24) is 0 Å². The third kappa shape index (κ3) is 5.02. The Morgan fingerprint density at radius 1 is 0.895 bits per heavy atom. The van der Waals surface area contributed by atoms with Gasteiger partial charge in [-0.25, -0.2) is 9.59 Å². The molecule has 0 aliphatic carbocycles. The third-order valence-electron chi connectivity index (χ3n) is 2.35. The fourth-order valence-electron chi connectivity index (χ4n) is 1.30. The van der Waals surface area contributed by atoms with E-state index in [0.717, 1.165) is 0 Å². The van der Waals surface area contributed by atoms with Crippen molar-refractivity contribution in [2.24, 2.45) is 0 Å². The fraction of sp³-hybridized carbons (Fsp3) is 0.0625. The molecule has 0 saturated carbocycles. The van der Waals surface area contributed by atoms with E-state index in [-0.39, 0.29) is 5.57 Å². The van der Waals surface area contributed by atoms with E-state index in [1.54, 1.807) is 0 Å². The second-order valence-electron chi connectivity index (χ2n) is 3.76. The van der Waals surface area contributed by atoms with Crippen molar-refractivity contribution in [1.29, 1.82) is 0 Å².